The molecule has 0 N–H and O–H groups in total. The lowest BCUT2D eigenvalue weighted by Crippen LogP contribution is -2.37. The Morgan fingerprint density at radius 2 is 1.88 bits per heavy atom. The quantitative estimate of drug-likeness (QED) is 0.665. The fraction of sp³-hybridized carbons (Fsp3) is 0.263. The van der Waals surface area contributed by atoms with Crippen molar-refractivity contribution in [1.29, 1.82) is 0 Å². The van der Waals surface area contributed by atoms with Gasteiger partial charge in [-0.2, -0.15) is 4.68 Å². The molecule has 0 saturated carbocycles. The topological polar surface area (TPSA) is 63.9 Å². The summed E-state index contributed by atoms with van der Waals surface area (Å²) in [5.74, 6) is 0.372. The maximum atomic E-state index is 12.9. The third kappa shape index (κ3) is 2.99. The van der Waals surface area contributed by atoms with Crippen LogP contribution in [0.1, 0.15) is 18.1 Å². The molecule has 7 heteroatoms. The molecule has 6 nitrogen and oxygen atoms in total. The molecule has 0 bridgehead atoms. The van der Waals surface area contributed by atoms with Gasteiger partial charge in [-0.1, -0.05) is 48.2 Å². The maximum absolute atomic E-state index is 12.9. The molecule has 1 aliphatic heterocycles. The van der Waals surface area contributed by atoms with Gasteiger partial charge in [-0.3, -0.25) is 4.79 Å². The number of tetrazole rings is 1. The number of aryl methyl sites for hydroxylation is 1. The molecule has 0 unspecified atom stereocenters. The number of anilines is 1. The Morgan fingerprint density at radius 1 is 1.15 bits per heavy atom. The van der Waals surface area contributed by atoms with Crippen molar-refractivity contribution >= 4 is 23.4 Å². The highest BCUT2D eigenvalue weighted by Crippen LogP contribution is 2.32. The van der Waals surface area contributed by atoms with Crippen LogP contribution in [0.4, 0.5) is 5.69 Å². The Bertz CT molecular complexity index is 954. The summed E-state index contributed by atoms with van der Waals surface area (Å²) < 4.78 is 1.69. The second-order valence-electron chi connectivity index (χ2n) is 6.39. The smallest absolute Gasteiger partial charge is 0.237 e. The Morgan fingerprint density at radius 3 is 2.69 bits per heavy atom. The highest BCUT2D eigenvalue weighted by Gasteiger charge is 2.30. The van der Waals surface area contributed by atoms with E-state index in [1.165, 1.54) is 17.3 Å². The van der Waals surface area contributed by atoms with Gasteiger partial charge in [0.15, 0.2) is 0 Å². The van der Waals surface area contributed by atoms with Crippen LogP contribution in [-0.4, -0.2) is 37.9 Å². The fourth-order valence-electron chi connectivity index (χ4n) is 3.36. The van der Waals surface area contributed by atoms with Gasteiger partial charge in [0, 0.05) is 11.7 Å². The van der Waals surface area contributed by atoms with Gasteiger partial charge in [0.25, 0.3) is 0 Å². The first-order valence-electron chi connectivity index (χ1n) is 8.52. The number of carbonyl (C=O) groups excluding carboxylic acids is 1. The van der Waals surface area contributed by atoms with Crippen LogP contribution < -0.4 is 4.90 Å². The van der Waals surface area contributed by atoms with E-state index < -0.39 is 0 Å². The SMILES string of the molecule is Cc1ccccc1-n1nnnc1SCC(=O)N1c2ccccc2C[C@@H]1C. The van der Waals surface area contributed by atoms with Gasteiger partial charge in [0.05, 0.1) is 11.4 Å². The minimum Gasteiger partial charge on any atom is -0.308 e. The monoisotopic (exact) mass is 365 g/mol. The van der Waals surface area contributed by atoms with E-state index in [2.05, 4.69) is 28.5 Å². The standard InChI is InChI=1S/C19H19N5OS/c1-13-7-3-5-9-16(13)24-19(20-21-22-24)26-12-18(25)23-14(2)11-15-8-4-6-10-17(15)23/h3-10,14H,11-12H2,1-2H3/t14-/m0/s1. The van der Waals surface area contributed by atoms with Gasteiger partial charge in [0.2, 0.25) is 11.1 Å². The molecule has 2 aromatic carbocycles. The number of hydrogen-bond donors (Lipinski definition) is 0. The first-order valence-corrected chi connectivity index (χ1v) is 9.51. The predicted molar refractivity (Wildman–Crippen MR) is 102 cm³/mol. The minimum atomic E-state index is 0.0757. The molecule has 1 amide bonds. The van der Waals surface area contributed by atoms with Gasteiger partial charge in [0.1, 0.15) is 0 Å². The first-order chi connectivity index (χ1) is 12.6. The number of para-hydroxylation sites is 2. The van der Waals surface area contributed by atoms with Crippen LogP contribution >= 0.6 is 11.8 Å². The number of rotatable bonds is 4. The van der Waals surface area contributed by atoms with Crippen molar-refractivity contribution in [2.75, 3.05) is 10.7 Å². The van der Waals surface area contributed by atoms with Crippen molar-refractivity contribution in [3.05, 3.63) is 59.7 Å². The molecule has 1 aliphatic rings. The Labute approximate surface area is 156 Å². The molecule has 0 spiro atoms. The van der Waals surface area contributed by atoms with E-state index in [1.807, 2.05) is 54.3 Å². The summed E-state index contributed by atoms with van der Waals surface area (Å²) in [5, 5.41) is 12.6. The lowest BCUT2D eigenvalue weighted by Gasteiger charge is -2.22. The second kappa shape index (κ2) is 6.92. The van der Waals surface area contributed by atoms with Crippen molar-refractivity contribution < 1.29 is 4.79 Å². The number of hydrogen-bond acceptors (Lipinski definition) is 5. The van der Waals surface area contributed by atoms with Crippen LogP contribution in [0.2, 0.25) is 0 Å². The Kier molecular flexibility index (Phi) is 4.46. The molecule has 132 valence electrons. The molecular formula is C19H19N5OS. The van der Waals surface area contributed by atoms with Crippen molar-refractivity contribution in [2.45, 2.75) is 31.5 Å². The van der Waals surface area contributed by atoms with Gasteiger partial charge in [-0.15, -0.1) is 5.10 Å². The molecule has 4 rings (SSSR count). The van der Waals surface area contributed by atoms with Crippen molar-refractivity contribution in [1.82, 2.24) is 20.2 Å². The van der Waals surface area contributed by atoms with Gasteiger partial charge in [-0.25, -0.2) is 0 Å². The average molecular weight is 365 g/mol. The van der Waals surface area contributed by atoms with Crippen LogP contribution in [0.3, 0.4) is 0 Å². The Balaban J connectivity index is 1.52. The third-order valence-corrected chi connectivity index (χ3v) is 5.49. The largest absolute Gasteiger partial charge is 0.308 e. The van der Waals surface area contributed by atoms with E-state index in [0.717, 1.165) is 23.4 Å². The van der Waals surface area contributed by atoms with Gasteiger partial charge in [-0.05, 0) is 54.0 Å². The van der Waals surface area contributed by atoms with Gasteiger partial charge >= 0.3 is 0 Å². The van der Waals surface area contributed by atoms with E-state index in [4.69, 9.17) is 0 Å². The summed E-state index contributed by atoms with van der Waals surface area (Å²) in [4.78, 5) is 14.7. The minimum absolute atomic E-state index is 0.0757. The van der Waals surface area contributed by atoms with E-state index in [1.54, 1.807) is 4.68 Å². The summed E-state index contributed by atoms with van der Waals surface area (Å²) in [6.45, 7) is 4.10. The molecule has 1 aromatic heterocycles. The summed E-state index contributed by atoms with van der Waals surface area (Å²) in [6.07, 6.45) is 0.896. The van der Waals surface area contributed by atoms with Crippen molar-refractivity contribution in [3.8, 4) is 5.69 Å². The molecule has 0 fully saturated rings. The van der Waals surface area contributed by atoms with Crippen molar-refractivity contribution in [2.24, 2.45) is 0 Å². The van der Waals surface area contributed by atoms with E-state index >= 15 is 0 Å². The number of amides is 1. The van der Waals surface area contributed by atoms with E-state index in [0.29, 0.717) is 10.9 Å². The summed E-state index contributed by atoms with van der Waals surface area (Å²) in [6, 6.07) is 16.2. The molecule has 1 atom stereocenters. The first kappa shape index (κ1) is 16.8. The highest BCUT2D eigenvalue weighted by molar-refractivity contribution is 7.99. The second-order valence-corrected chi connectivity index (χ2v) is 7.34. The number of nitrogens with zero attached hydrogens (tertiary/aromatic N) is 5. The predicted octanol–water partition coefficient (Wildman–Crippen LogP) is 3.04. The number of fused-ring (bicyclic) bond motifs is 1. The molecule has 2 heterocycles. The zero-order chi connectivity index (χ0) is 18.1. The van der Waals surface area contributed by atoms with Crippen LogP contribution in [-0.2, 0) is 11.2 Å². The number of benzene rings is 2. The summed E-state index contributed by atoms with van der Waals surface area (Å²) >= 11 is 1.36. The van der Waals surface area contributed by atoms with Crippen LogP contribution in [0.15, 0.2) is 53.7 Å². The lowest BCUT2D eigenvalue weighted by molar-refractivity contribution is -0.116. The van der Waals surface area contributed by atoms with Crippen LogP contribution in [0, 0.1) is 6.92 Å². The summed E-state index contributed by atoms with van der Waals surface area (Å²) in [7, 11) is 0. The average Bonchev–Trinajstić information content (AvgIpc) is 3.23. The van der Waals surface area contributed by atoms with Crippen LogP contribution in [0.25, 0.3) is 5.69 Å². The lowest BCUT2D eigenvalue weighted by atomic mass is 10.1. The molecule has 0 aliphatic carbocycles. The number of aromatic nitrogens is 4. The maximum Gasteiger partial charge on any atom is 0.237 e. The third-order valence-electron chi connectivity index (χ3n) is 4.59. The van der Waals surface area contributed by atoms with Crippen LogP contribution in [0.5, 0.6) is 0 Å². The zero-order valence-corrected chi connectivity index (χ0v) is 15.5. The molecule has 3 aromatic rings. The van der Waals surface area contributed by atoms with Crippen molar-refractivity contribution in [3.63, 3.8) is 0 Å². The van der Waals surface area contributed by atoms with Gasteiger partial charge < -0.3 is 4.90 Å². The highest BCUT2D eigenvalue weighted by atomic mass is 32.2. The zero-order valence-electron chi connectivity index (χ0n) is 14.7. The number of carbonyl (C=O) groups is 1. The molecule has 0 radical (unpaired) electrons. The fourth-order valence-corrected chi connectivity index (χ4v) is 4.11. The summed E-state index contributed by atoms with van der Waals surface area (Å²) in [5.41, 5.74) is 4.24. The Hall–Kier alpha value is -2.67. The molecular weight excluding hydrogens is 346 g/mol. The molecule has 0 saturated heterocycles. The number of thioether (sulfide) groups is 1. The normalized spacial score (nSPS) is 15.9. The molecule has 26 heavy (non-hydrogen) atoms. The van der Waals surface area contributed by atoms with E-state index in [9.17, 15) is 4.79 Å². The van der Waals surface area contributed by atoms with E-state index in [-0.39, 0.29) is 11.9 Å².